The lowest BCUT2D eigenvalue weighted by Crippen LogP contribution is -2.34. The maximum Gasteiger partial charge on any atom is 0.246 e. The number of furan rings is 1. The van der Waals surface area contributed by atoms with E-state index in [1.165, 1.54) is 0 Å². The van der Waals surface area contributed by atoms with Crippen molar-refractivity contribution in [2.75, 3.05) is 5.32 Å². The van der Waals surface area contributed by atoms with Gasteiger partial charge in [0.25, 0.3) is 0 Å². The molecule has 1 heterocycles. The molecular formula is C26H26N2O2. The standard InChI is InChI=1S/C26H26N2O2/c1-17-13-14-18(2)22(15-17)28-26(29)25(20-9-5-4-6-10-20)27-19(3)24-16-21-11-7-8-12-23(21)30-24/h4-16,19,25,27H,1-3H3,(H,28,29)/t19-,25+/m1/s1. The van der Waals surface area contributed by atoms with Crippen LogP contribution >= 0.6 is 0 Å². The molecule has 3 aromatic carbocycles. The van der Waals surface area contributed by atoms with Crippen molar-refractivity contribution in [3.05, 3.63) is 101 Å². The Bertz CT molecular complexity index is 1130. The van der Waals surface area contributed by atoms with Crippen LogP contribution in [0.3, 0.4) is 0 Å². The van der Waals surface area contributed by atoms with Gasteiger partial charge in [0, 0.05) is 11.1 Å². The molecule has 0 saturated carbocycles. The number of anilines is 1. The van der Waals surface area contributed by atoms with Gasteiger partial charge in [0.05, 0.1) is 6.04 Å². The summed E-state index contributed by atoms with van der Waals surface area (Å²) in [4.78, 5) is 13.3. The van der Waals surface area contributed by atoms with Crippen LogP contribution in [0.5, 0.6) is 0 Å². The molecule has 4 heteroatoms. The summed E-state index contributed by atoms with van der Waals surface area (Å²) in [6.07, 6.45) is 0. The molecule has 0 aliphatic heterocycles. The molecule has 0 fully saturated rings. The van der Waals surface area contributed by atoms with Crippen LogP contribution in [0.4, 0.5) is 5.69 Å². The number of para-hydroxylation sites is 1. The van der Waals surface area contributed by atoms with Gasteiger partial charge in [-0.05, 0) is 55.7 Å². The number of aryl methyl sites for hydroxylation is 2. The number of benzene rings is 3. The van der Waals surface area contributed by atoms with E-state index in [0.717, 1.165) is 39.1 Å². The molecule has 4 aromatic rings. The summed E-state index contributed by atoms with van der Waals surface area (Å²) in [6, 6.07) is 25.1. The Morgan fingerprint density at radius 2 is 1.63 bits per heavy atom. The third-order valence-corrected chi connectivity index (χ3v) is 5.33. The summed E-state index contributed by atoms with van der Waals surface area (Å²) in [5.41, 5.74) is 4.72. The minimum Gasteiger partial charge on any atom is -0.459 e. The molecule has 0 spiro atoms. The Hall–Kier alpha value is -3.37. The third-order valence-electron chi connectivity index (χ3n) is 5.33. The molecule has 4 nitrogen and oxygen atoms in total. The van der Waals surface area contributed by atoms with E-state index in [4.69, 9.17) is 4.42 Å². The van der Waals surface area contributed by atoms with Crippen molar-refractivity contribution < 1.29 is 9.21 Å². The quantitative estimate of drug-likeness (QED) is 0.414. The minimum absolute atomic E-state index is 0.0992. The van der Waals surface area contributed by atoms with Gasteiger partial charge in [-0.25, -0.2) is 0 Å². The monoisotopic (exact) mass is 398 g/mol. The lowest BCUT2D eigenvalue weighted by molar-refractivity contribution is -0.118. The maximum atomic E-state index is 13.3. The summed E-state index contributed by atoms with van der Waals surface area (Å²) in [5.74, 6) is 0.703. The first-order valence-electron chi connectivity index (χ1n) is 10.2. The molecule has 152 valence electrons. The van der Waals surface area contributed by atoms with Gasteiger partial charge in [0.15, 0.2) is 0 Å². The molecule has 4 rings (SSSR count). The number of carbonyl (C=O) groups is 1. The average Bonchev–Trinajstić information content (AvgIpc) is 3.19. The summed E-state index contributed by atoms with van der Waals surface area (Å²) in [7, 11) is 0. The van der Waals surface area contributed by atoms with Crippen molar-refractivity contribution >= 4 is 22.6 Å². The second-order valence-corrected chi connectivity index (χ2v) is 7.73. The van der Waals surface area contributed by atoms with E-state index < -0.39 is 6.04 Å². The van der Waals surface area contributed by atoms with E-state index >= 15 is 0 Å². The molecule has 0 bridgehead atoms. The van der Waals surface area contributed by atoms with Crippen molar-refractivity contribution in [3.8, 4) is 0 Å². The largest absolute Gasteiger partial charge is 0.459 e. The molecular weight excluding hydrogens is 372 g/mol. The van der Waals surface area contributed by atoms with Crippen LogP contribution in [-0.2, 0) is 4.79 Å². The van der Waals surface area contributed by atoms with Crippen molar-refractivity contribution in [2.24, 2.45) is 0 Å². The summed E-state index contributed by atoms with van der Waals surface area (Å²) in [6.45, 7) is 6.03. The number of fused-ring (bicyclic) bond motifs is 1. The number of hydrogen-bond acceptors (Lipinski definition) is 3. The number of rotatable bonds is 6. The molecule has 1 aromatic heterocycles. The van der Waals surface area contributed by atoms with Crippen LogP contribution in [0.15, 0.2) is 83.3 Å². The minimum atomic E-state index is -0.519. The zero-order chi connectivity index (χ0) is 21.1. The summed E-state index contributed by atoms with van der Waals surface area (Å²) < 4.78 is 6.01. The van der Waals surface area contributed by atoms with E-state index in [0.29, 0.717) is 0 Å². The zero-order valence-electron chi connectivity index (χ0n) is 17.5. The Morgan fingerprint density at radius 3 is 2.40 bits per heavy atom. The highest BCUT2D eigenvalue weighted by molar-refractivity contribution is 5.96. The molecule has 0 radical (unpaired) electrons. The Kier molecular flexibility index (Phi) is 5.68. The molecule has 0 aliphatic rings. The molecule has 2 atom stereocenters. The molecule has 30 heavy (non-hydrogen) atoms. The first kappa shape index (κ1) is 19.9. The lowest BCUT2D eigenvalue weighted by Gasteiger charge is -2.23. The molecule has 1 amide bonds. The normalized spacial score (nSPS) is 13.2. The maximum absolute atomic E-state index is 13.3. The highest BCUT2D eigenvalue weighted by Gasteiger charge is 2.25. The van der Waals surface area contributed by atoms with Crippen LogP contribution in [0.2, 0.25) is 0 Å². The molecule has 2 N–H and O–H groups in total. The van der Waals surface area contributed by atoms with Gasteiger partial charge in [-0.2, -0.15) is 0 Å². The van der Waals surface area contributed by atoms with Gasteiger partial charge in [-0.3, -0.25) is 10.1 Å². The number of amides is 1. The highest BCUT2D eigenvalue weighted by Crippen LogP contribution is 2.27. The van der Waals surface area contributed by atoms with Gasteiger partial charge < -0.3 is 9.73 Å². The second kappa shape index (κ2) is 8.56. The van der Waals surface area contributed by atoms with Crippen LogP contribution in [-0.4, -0.2) is 5.91 Å². The van der Waals surface area contributed by atoms with Crippen molar-refractivity contribution in [1.82, 2.24) is 5.32 Å². The van der Waals surface area contributed by atoms with E-state index in [-0.39, 0.29) is 11.9 Å². The van der Waals surface area contributed by atoms with Crippen LogP contribution in [0.1, 0.15) is 41.5 Å². The fraction of sp³-hybridized carbons (Fsp3) is 0.192. The number of nitrogens with one attached hydrogen (secondary N) is 2. The van der Waals surface area contributed by atoms with Crippen molar-refractivity contribution in [1.29, 1.82) is 0 Å². The Labute approximate surface area is 176 Å². The lowest BCUT2D eigenvalue weighted by atomic mass is 10.0. The molecule has 0 aliphatic carbocycles. The smallest absolute Gasteiger partial charge is 0.246 e. The van der Waals surface area contributed by atoms with Gasteiger partial charge in [-0.15, -0.1) is 0 Å². The van der Waals surface area contributed by atoms with Gasteiger partial charge >= 0.3 is 0 Å². The van der Waals surface area contributed by atoms with Gasteiger partial charge in [0.2, 0.25) is 5.91 Å². The highest BCUT2D eigenvalue weighted by atomic mass is 16.3. The third kappa shape index (κ3) is 4.29. The first-order chi connectivity index (χ1) is 14.5. The van der Waals surface area contributed by atoms with Crippen LogP contribution in [0, 0.1) is 13.8 Å². The van der Waals surface area contributed by atoms with Crippen LogP contribution in [0.25, 0.3) is 11.0 Å². The van der Waals surface area contributed by atoms with Crippen LogP contribution < -0.4 is 10.6 Å². The Morgan fingerprint density at radius 1 is 0.900 bits per heavy atom. The van der Waals surface area contributed by atoms with Crippen molar-refractivity contribution in [2.45, 2.75) is 32.9 Å². The fourth-order valence-corrected chi connectivity index (χ4v) is 3.59. The summed E-state index contributed by atoms with van der Waals surface area (Å²) >= 11 is 0. The summed E-state index contributed by atoms with van der Waals surface area (Å²) in [5, 5.41) is 7.61. The SMILES string of the molecule is Cc1ccc(C)c(NC(=O)[C@@H](N[C@H](C)c2cc3ccccc3o2)c2ccccc2)c1. The van der Waals surface area contributed by atoms with Crippen molar-refractivity contribution in [3.63, 3.8) is 0 Å². The van der Waals surface area contributed by atoms with Gasteiger partial charge in [0.1, 0.15) is 17.4 Å². The average molecular weight is 399 g/mol. The van der Waals surface area contributed by atoms with Gasteiger partial charge in [-0.1, -0.05) is 60.7 Å². The predicted octanol–water partition coefficient (Wildman–Crippen LogP) is 6.08. The van der Waals surface area contributed by atoms with E-state index in [2.05, 4.69) is 10.6 Å². The van der Waals surface area contributed by atoms with E-state index in [1.54, 1.807) is 0 Å². The first-order valence-corrected chi connectivity index (χ1v) is 10.2. The number of carbonyl (C=O) groups excluding carboxylic acids is 1. The zero-order valence-corrected chi connectivity index (χ0v) is 17.5. The molecule has 0 unspecified atom stereocenters. The predicted molar refractivity (Wildman–Crippen MR) is 121 cm³/mol. The number of hydrogen-bond donors (Lipinski definition) is 2. The van der Waals surface area contributed by atoms with E-state index in [1.807, 2.05) is 99.6 Å². The Balaban J connectivity index is 1.61. The van der Waals surface area contributed by atoms with E-state index in [9.17, 15) is 4.79 Å². The molecule has 0 saturated heterocycles. The topological polar surface area (TPSA) is 54.3 Å². The second-order valence-electron chi connectivity index (χ2n) is 7.73. The fourth-order valence-electron chi connectivity index (χ4n) is 3.59.